The molecule has 138 valence electrons. The molecule has 2 aliphatic rings. The highest BCUT2D eigenvalue weighted by Gasteiger charge is 2.31. The lowest BCUT2D eigenvalue weighted by Crippen LogP contribution is -2.32. The smallest absolute Gasteiger partial charge is 0.272 e. The lowest BCUT2D eigenvalue weighted by atomic mass is 10.1. The number of carbonyl (C=O) groups is 1. The van der Waals surface area contributed by atoms with E-state index in [0.717, 1.165) is 41.8 Å². The van der Waals surface area contributed by atoms with Crippen molar-refractivity contribution in [1.82, 2.24) is 15.1 Å². The van der Waals surface area contributed by atoms with E-state index in [1.54, 1.807) is 18.9 Å². The highest BCUT2D eigenvalue weighted by molar-refractivity contribution is 5.97. The van der Waals surface area contributed by atoms with Crippen LogP contribution in [-0.4, -0.2) is 49.2 Å². The molecule has 0 bridgehead atoms. The number of amides is 1. The van der Waals surface area contributed by atoms with E-state index in [1.807, 2.05) is 19.2 Å². The van der Waals surface area contributed by atoms with E-state index in [4.69, 9.17) is 14.2 Å². The number of ether oxygens (including phenoxy) is 3. The second-order valence-corrected chi connectivity index (χ2v) is 6.69. The highest BCUT2D eigenvalue weighted by Crippen LogP contribution is 2.43. The van der Waals surface area contributed by atoms with Crippen LogP contribution in [0.2, 0.25) is 0 Å². The summed E-state index contributed by atoms with van der Waals surface area (Å²) in [7, 11) is 5.10. The first-order valence-electron chi connectivity index (χ1n) is 8.83. The summed E-state index contributed by atoms with van der Waals surface area (Å²) in [6.07, 6.45) is 2.81. The number of rotatable bonds is 5. The Bertz CT molecular complexity index is 853. The summed E-state index contributed by atoms with van der Waals surface area (Å²) in [6.45, 7) is 1.30. The van der Waals surface area contributed by atoms with Gasteiger partial charge in [-0.3, -0.25) is 9.48 Å². The predicted octanol–water partition coefficient (Wildman–Crippen LogP) is 1.92. The van der Waals surface area contributed by atoms with Gasteiger partial charge in [0.05, 0.1) is 26.0 Å². The second kappa shape index (κ2) is 6.64. The SMILES string of the molecule is COc1cc2c(cc1OC)-c1c(c(C(=O)NC[C@@H]3CCCO3)nn1C)C2. The molecule has 0 radical (unpaired) electrons. The molecule has 4 rings (SSSR count). The number of hydrogen-bond acceptors (Lipinski definition) is 5. The number of nitrogens with zero attached hydrogens (tertiary/aromatic N) is 2. The van der Waals surface area contributed by atoms with Crippen LogP contribution in [0.5, 0.6) is 11.5 Å². The maximum Gasteiger partial charge on any atom is 0.272 e. The van der Waals surface area contributed by atoms with Gasteiger partial charge in [0.25, 0.3) is 5.91 Å². The predicted molar refractivity (Wildman–Crippen MR) is 95.9 cm³/mol. The van der Waals surface area contributed by atoms with Crippen molar-refractivity contribution in [3.05, 3.63) is 29.0 Å². The molecule has 2 aromatic rings. The van der Waals surface area contributed by atoms with E-state index in [-0.39, 0.29) is 12.0 Å². The summed E-state index contributed by atoms with van der Waals surface area (Å²) in [4.78, 5) is 12.7. The Morgan fingerprint density at radius 3 is 2.81 bits per heavy atom. The van der Waals surface area contributed by atoms with Crippen molar-refractivity contribution in [2.24, 2.45) is 7.05 Å². The Labute approximate surface area is 152 Å². The summed E-state index contributed by atoms with van der Waals surface area (Å²) in [5.74, 6) is 1.21. The number of methoxy groups -OCH3 is 2. The van der Waals surface area contributed by atoms with Gasteiger partial charge in [0.15, 0.2) is 17.2 Å². The molecule has 0 spiro atoms. The zero-order valence-corrected chi connectivity index (χ0v) is 15.3. The number of fused-ring (bicyclic) bond motifs is 3. The van der Waals surface area contributed by atoms with E-state index < -0.39 is 0 Å². The molecule has 2 heterocycles. The average molecular weight is 357 g/mol. The number of benzene rings is 1. The minimum absolute atomic E-state index is 0.112. The molecule has 0 saturated carbocycles. The molecule has 7 heteroatoms. The molecule has 1 atom stereocenters. The van der Waals surface area contributed by atoms with Gasteiger partial charge in [-0.1, -0.05) is 0 Å². The van der Waals surface area contributed by atoms with Gasteiger partial charge in [0.1, 0.15) is 0 Å². The van der Waals surface area contributed by atoms with Crippen molar-refractivity contribution < 1.29 is 19.0 Å². The normalized spacial score (nSPS) is 17.7. The van der Waals surface area contributed by atoms with Crippen LogP contribution in [0.15, 0.2) is 12.1 Å². The average Bonchev–Trinajstić information content (AvgIpc) is 3.35. The van der Waals surface area contributed by atoms with Crippen molar-refractivity contribution in [3.63, 3.8) is 0 Å². The molecular formula is C19H23N3O4. The molecule has 26 heavy (non-hydrogen) atoms. The zero-order valence-electron chi connectivity index (χ0n) is 15.3. The maximum atomic E-state index is 12.7. The Kier molecular flexibility index (Phi) is 4.32. The molecule has 1 aliphatic heterocycles. The summed E-state index contributed by atoms with van der Waals surface area (Å²) < 4.78 is 18.2. The first-order valence-corrected chi connectivity index (χ1v) is 8.83. The molecule has 1 N–H and O–H groups in total. The van der Waals surface area contributed by atoms with Gasteiger partial charge in [-0.2, -0.15) is 5.10 Å². The molecule has 1 amide bonds. The lowest BCUT2D eigenvalue weighted by molar-refractivity contribution is 0.0852. The quantitative estimate of drug-likeness (QED) is 0.755. The molecular weight excluding hydrogens is 334 g/mol. The van der Waals surface area contributed by atoms with Crippen LogP contribution < -0.4 is 14.8 Å². The van der Waals surface area contributed by atoms with Gasteiger partial charge < -0.3 is 19.5 Å². The Morgan fingerprint density at radius 2 is 2.12 bits per heavy atom. The molecule has 1 fully saturated rings. The van der Waals surface area contributed by atoms with Gasteiger partial charge in [0, 0.05) is 37.7 Å². The fourth-order valence-electron chi connectivity index (χ4n) is 3.83. The third kappa shape index (κ3) is 2.72. The topological polar surface area (TPSA) is 74.6 Å². The third-order valence-corrected chi connectivity index (χ3v) is 5.11. The monoisotopic (exact) mass is 357 g/mol. The summed E-state index contributed by atoms with van der Waals surface area (Å²) in [6, 6.07) is 3.93. The van der Waals surface area contributed by atoms with Gasteiger partial charge >= 0.3 is 0 Å². The van der Waals surface area contributed by atoms with Crippen LogP contribution in [0, 0.1) is 0 Å². The van der Waals surface area contributed by atoms with Gasteiger partial charge in [-0.25, -0.2) is 0 Å². The first kappa shape index (κ1) is 16.9. The van der Waals surface area contributed by atoms with Crippen LogP contribution in [0.4, 0.5) is 0 Å². The standard InChI is InChI=1S/C19H23N3O4/c1-22-18-13-9-16(25-3)15(24-2)8-11(13)7-14(18)17(21-22)19(23)20-10-12-5-4-6-26-12/h8-9,12H,4-7,10H2,1-3H3,(H,20,23)/t12-/m0/s1. The minimum Gasteiger partial charge on any atom is -0.493 e. The molecule has 7 nitrogen and oxygen atoms in total. The van der Waals surface area contributed by atoms with Crippen molar-refractivity contribution in [2.75, 3.05) is 27.4 Å². The fourth-order valence-corrected chi connectivity index (χ4v) is 3.83. The van der Waals surface area contributed by atoms with Gasteiger partial charge in [0.2, 0.25) is 0 Å². The molecule has 1 saturated heterocycles. The van der Waals surface area contributed by atoms with Gasteiger partial charge in [-0.15, -0.1) is 0 Å². The van der Waals surface area contributed by atoms with Crippen molar-refractivity contribution >= 4 is 5.91 Å². The number of aromatic nitrogens is 2. The summed E-state index contributed by atoms with van der Waals surface area (Å²) >= 11 is 0. The number of nitrogens with one attached hydrogen (secondary N) is 1. The van der Waals surface area contributed by atoms with Crippen LogP contribution in [0.25, 0.3) is 11.3 Å². The number of carbonyl (C=O) groups excluding carboxylic acids is 1. The van der Waals surface area contributed by atoms with E-state index in [9.17, 15) is 4.79 Å². The van der Waals surface area contributed by atoms with Crippen molar-refractivity contribution in [2.45, 2.75) is 25.4 Å². The highest BCUT2D eigenvalue weighted by atomic mass is 16.5. The Hall–Kier alpha value is -2.54. The molecule has 0 unspecified atom stereocenters. The summed E-state index contributed by atoms with van der Waals surface area (Å²) in [5, 5.41) is 7.43. The Balaban J connectivity index is 1.62. The fraction of sp³-hybridized carbons (Fsp3) is 0.474. The van der Waals surface area contributed by atoms with Gasteiger partial charge in [-0.05, 0) is 30.5 Å². The molecule has 1 aliphatic carbocycles. The summed E-state index contributed by atoms with van der Waals surface area (Å²) in [5.41, 5.74) is 4.53. The van der Waals surface area contributed by atoms with Crippen LogP contribution >= 0.6 is 0 Å². The molecule has 1 aromatic heterocycles. The van der Waals surface area contributed by atoms with Crippen LogP contribution in [0.1, 0.15) is 34.5 Å². The van der Waals surface area contributed by atoms with E-state index in [0.29, 0.717) is 30.2 Å². The zero-order chi connectivity index (χ0) is 18.3. The second-order valence-electron chi connectivity index (χ2n) is 6.69. The van der Waals surface area contributed by atoms with Crippen LogP contribution in [-0.2, 0) is 18.2 Å². The maximum absolute atomic E-state index is 12.7. The first-order chi connectivity index (χ1) is 12.6. The van der Waals surface area contributed by atoms with Crippen molar-refractivity contribution in [1.29, 1.82) is 0 Å². The molecule has 1 aromatic carbocycles. The lowest BCUT2D eigenvalue weighted by Gasteiger charge is -2.11. The van der Waals surface area contributed by atoms with E-state index >= 15 is 0 Å². The van der Waals surface area contributed by atoms with E-state index in [2.05, 4.69) is 10.4 Å². The minimum atomic E-state index is -0.149. The van der Waals surface area contributed by atoms with E-state index in [1.165, 1.54) is 0 Å². The largest absolute Gasteiger partial charge is 0.493 e. The number of hydrogen-bond donors (Lipinski definition) is 1. The third-order valence-electron chi connectivity index (χ3n) is 5.11. The van der Waals surface area contributed by atoms with Crippen molar-refractivity contribution in [3.8, 4) is 22.8 Å². The Morgan fingerprint density at radius 1 is 1.35 bits per heavy atom. The van der Waals surface area contributed by atoms with Crippen LogP contribution in [0.3, 0.4) is 0 Å². The number of aryl methyl sites for hydroxylation is 1.